The van der Waals surface area contributed by atoms with E-state index >= 15 is 0 Å². The number of hydrogen-bond donors (Lipinski definition) is 1. The molecule has 0 fully saturated rings. The van der Waals surface area contributed by atoms with Crippen LogP contribution in [0.3, 0.4) is 0 Å². The molecule has 0 rings (SSSR count). The van der Waals surface area contributed by atoms with E-state index in [0.29, 0.717) is 13.2 Å². The van der Waals surface area contributed by atoms with Crippen molar-refractivity contribution in [3.05, 3.63) is 0 Å². The van der Waals surface area contributed by atoms with Crippen LogP contribution < -0.4 is 5.32 Å². The third-order valence-electron chi connectivity index (χ3n) is 4.38. The van der Waals surface area contributed by atoms with Crippen LogP contribution in [-0.2, 0) is 14.3 Å². The van der Waals surface area contributed by atoms with Gasteiger partial charge in [0.2, 0.25) is 5.91 Å². The molecule has 0 saturated carbocycles. The maximum Gasteiger partial charge on any atom is 0.222 e. The highest BCUT2D eigenvalue weighted by Crippen LogP contribution is 2.08. The minimum atomic E-state index is 0.142. The van der Waals surface area contributed by atoms with E-state index < -0.39 is 0 Å². The standard InChI is InChI=1S/C21H43NO3/c1-5-12-20(4)21(23)22-14-9-7-11-16-25-18-17-24-15-10-6-8-13-19(2)3/h19-20H,5-18H2,1-4H3,(H,22,23). The summed E-state index contributed by atoms with van der Waals surface area (Å²) in [5.41, 5.74) is 0. The zero-order valence-electron chi connectivity index (χ0n) is 17.3. The van der Waals surface area contributed by atoms with Gasteiger partial charge in [-0.05, 0) is 38.0 Å². The summed E-state index contributed by atoms with van der Waals surface area (Å²) in [5, 5.41) is 3.01. The third kappa shape index (κ3) is 18.0. The molecule has 0 aromatic heterocycles. The van der Waals surface area contributed by atoms with E-state index in [4.69, 9.17) is 9.47 Å². The van der Waals surface area contributed by atoms with Crippen molar-refractivity contribution in [3.8, 4) is 0 Å². The predicted molar refractivity (Wildman–Crippen MR) is 106 cm³/mol. The van der Waals surface area contributed by atoms with Gasteiger partial charge in [0.15, 0.2) is 0 Å². The Morgan fingerprint density at radius 1 is 0.800 bits per heavy atom. The number of ether oxygens (including phenoxy) is 2. The zero-order valence-corrected chi connectivity index (χ0v) is 17.3. The first kappa shape index (κ1) is 24.4. The van der Waals surface area contributed by atoms with Crippen molar-refractivity contribution in [1.82, 2.24) is 5.32 Å². The zero-order chi connectivity index (χ0) is 18.8. The van der Waals surface area contributed by atoms with Crippen LogP contribution >= 0.6 is 0 Å². The van der Waals surface area contributed by atoms with E-state index in [2.05, 4.69) is 26.1 Å². The fourth-order valence-electron chi connectivity index (χ4n) is 2.71. The van der Waals surface area contributed by atoms with Crippen LogP contribution in [-0.4, -0.2) is 38.9 Å². The van der Waals surface area contributed by atoms with Gasteiger partial charge in [0.1, 0.15) is 0 Å². The van der Waals surface area contributed by atoms with E-state index in [1.165, 1.54) is 19.3 Å². The average Bonchev–Trinajstić information content (AvgIpc) is 2.58. The van der Waals surface area contributed by atoms with Crippen molar-refractivity contribution < 1.29 is 14.3 Å². The Bertz CT molecular complexity index is 295. The smallest absolute Gasteiger partial charge is 0.222 e. The Hall–Kier alpha value is -0.610. The first-order chi connectivity index (χ1) is 12.1. The fraction of sp³-hybridized carbons (Fsp3) is 0.952. The quantitative estimate of drug-likeness (QED) is 0.353. The SMILES string of the molecule is CCCC(C)C(=O)NCCCCCOCCOCCCCCC(C)C. The molecular weight excluding hydrogens is 314 g/mol. The van der Waals surface area contributed by atoms with E-state index in [1.54, 1.807) is 0 Å². The molecule has 0 aliphatic heterocycles. The number of unbranched alkanes of at least 4 members (excludes halogenated alkanes) is 4. The second kappa shape index (κ2) is 18.2. The molecule has 0 bridgehead atoms. The van der Waals surface area contributed by atoms with Gasteiger partial charge in [-0.3, -0.25) is 4.79 Å². The Balaban J connectivity index is 3.15. The van der Waals surface area contributed by atoms with Gasteiger partial charge in [0, 0.05) is 25.7 Å². The summed E-state index contributed by atoms with van der Waals surface area (Å²) in [7, 11) is 0. The van der Waals surface area contributed by atoms with E-state index in [0.717, 1.165) is 64.2 Å². The summed E-state index contributed by atoms with van der Waals surface area (Å²) in [6.45, 7) is 12.5. The molecule has 1 unspecified atom stereocenters. The van der Waals surface area contributed by atoms with Crippen molar-refractivity contribution in [2.24, 2.45) is 11.8 Å². The first-order valence-electron chi connectivity index (χ1n) is 10.5. The Kier molecular flexibility index (Phi) is 17.7. The second-order valence-electron chi connectivity index (χ2n) is 7.51. The van der Waals surface area contributed by atoms with Crippen molar-refractivity contribution in [2.75, 3.05) is 33.0 Å². The summed E-state index contributed by atoms with van der Waals surface area (Å²) >= 11 is 0. The molecule has 150 valence electrons. The lowest BCUT2D eigenvalue weighted by molar-refractivity contribution is -0.124. The van der Waals surface area contributed by atoms with Crippen LogP contribution in [0.4, 0.5) is 0 Å². The number of nitrogens with one attached hydrogen (secondary N) is 1. The third-order valence-corrected chi connectivity index (χ3v) is 4.38. The molecule has 0 heterocycles. The maximum atomic E-state index is 11.7. The van der Waals surface area contributed by atoms with Gasteiger partial charge in [-0.1, -0.05) is 53.4 Å². The second-order valence-corrected chi connectivity index (χ2v) is 7.51. The Morgan fingerprint density at radius 2 is 1.40 bits per heavy atom. The molecule has 25 heavy (non-hydrogen) atoms. The van der Waals surface area contributed by atoms with Crippen molar-refractivity contribution in [3.63, 3.8) is 0 Å². The van der Waals surface area contributed by atoms with Crippen LogP contribution in [0.1, 0.15) is 85.5 Å². The lowest BCUT2D eigenvalue weighted by Crippen LogP contribution is -2.29. The van der Waals surface area contributed by atoms with Gasteiger partial charge < -0.3 is 14.8 Å². The molecule has 4 nitrogen and oxygen atoms in total. The topological polar surface area (TPSA) is 47.6 Å². The summed E-state index contributed by atoms with van der Waals surface area (Å²) in [6.07, 6.45) is 10.3. The van der Waals surface area contributed by atoms with Gasteiger partial charge in [0.05, 0.1) is 13.2 Å². The van der Waals surface area contributed by atoms with Crippen LogP contribution in [0.5, 0.6) is 0 Å². The summed E-state index contributed by atoms with van der Waals surface area (Å²) < 4.78 is 11.2. The minimum Gasteiger partial charge on any atom is -0.379 e. The van der Waals surface area contributed by atoms with Crippen molar-refractivity contribution in [1.29, 1.82) is 0 Å². The molecule has 0 aliphatic rings. The summed E-state index contributed by atoms with van der Waals surface area (Å²) in [5.74, 6) is 1.15. The Labute approximate surface area is 156 Å². The predicted octanol–water partition coefficient (Wildman–Crippen LogP) is 4.96. The highest BCUT2D eigenvalue weighted by Gasteiger charge is 2.10. The van der Waals surface area contributed by atoms with Gasteiger partial charge in [-0.15, -0.1) is 0 Å². The molecule has 0 spiro atoms. The van der Waals surface area contributed by atoms with Crippen LogP contribution in [0, 0.1) is 11.8 Å². The van der Waals surface area contributed by atoms with Gasteiger partial charge >= 0.3 is 0 Å². The normalized spacial score (nSPS) is 12.5. The average molecular weight is 358 g/mol. The molecule has 1 N–H and O–H groups in total. The first-order valence-corrected chi connectivity index (χ1v) is 10.5. The molecule has 4 heteroatoms. The van der Waals surface area contributed by atoms with Crippen LogP contribution in [0.2, 0.25) is 0 Å². The molecule has 0 aliphatic carbocycles. The van der Waals surface area contributed by atoms with Gasteiger partial charge in [-0.25, -0.2) is 0 Å². The van der Waals surface area contributed by atoms with Crippen LogP contribution in [0.25, 0.3) is 0 Å². The van der Waals surface area contributed by atoms with E-state index in [-0.39, 0.29) is 11.8 Å². The minimum absolute atomic E-state index is 0.142. The van der Waals surface area contributed by atoms with E-state index in [1.807, 2.05) is 6.92 Å². The van der Waals surface area contributed by atoms with Crippen LogP contribution in [0.15, 0.2) is 0 Å². The summed E-state index contributed by atoms with van der Waals surface area (Å²) in [4.78, 5) is 11.7. The maximum absolute atomic E-state index is 11.7. The molecule has 1 atom stereocenters. The van der Waals surface area contributed by atoms with Crippen molar-refractivity contribution >= 4 is 5.91 Å². The monoisotopic (exact) mass is 357 g/mol. The molecule has 0 aromatic carbocycles. The lowest BCUT2D eigenvalue weighted by Gasteiger charge is -2.11. The number of carbonyl (C=O) groups is 1. The Morgan fingerprint density at radius 3 is 1.96 bits per heavy atom. The van der Waals surface area contributed by atoms with Gasteiger partial charge in [0.25, 0.3) is 0 Å². The lowest BCUT2D eigenvalue weighted by atomic mass is 10.1. The summed E-state index contributed by atoms with van der Waals surface area (Å²) in [6, 6.07) is 0. The fourth-order valence-corrected chi connectivity index (χ4v) is 2.71. The molecular formula is C21H43NO3. The largest absolute Gasteiger partial charge is 0.379 e. The van der Waals surface area contributed by atoms with Gasteiger partial charge in [-0.2, -0.15) is 0 Å². The number of carbonyl (C=O) groups excluding carboxylic acids is 1. The highest BCUT2D eigenvalue weighted by molar-refractivity contribution is 5.78. The molecule has 1 amide bonds. The highest BCUT2D eigenvalue weighted by atomic mass is 16.5. The number of rotatable bonds is 18. The number of hydrogen-bond acceptors (Lipinski definition) is 3. The molecule has 0 saturated heterocycles. The van der Waals surface area contributed by atoms with E-state index in [9.17, 15) is 4.79 Å². The molecule has 0 aromatic rings. The number of amides is 1. The molecule has 0 radical (unpaired) electrons. The van der Waals surface area contributed by atoms with Crippen molar-refractivity contribution in [2.45, 2.75) is 85.5 Å².